The molecule has 30 heavy (non-hydrogen) atoms. The molecule has 5 rings (SSSR count). The van der Waals surface area contributed by atoms with Crippen molar-refractivity contribution in [2.75, 3.05) is 26.2 Å². The average Bonchev–Trinajstić information content (AvgIpc) is 3.17. The van der Waals surface area contributed by atoms with E-state index in [-0.39, 0.29) is 0 Å². The Bertz CT molecular complexity index is 1020. The fraction of sp³-hybridized carbons (Fsp3) is 0.522. The van der Waals surface area contributed by atoms with Crippen molar-refractivity contribution in [2.24, 2.45) is 0 Å². The molecular weight excluding hydrogens is 396 g/mol. The Balaban J connectivity index is 1.33. The van der Waals surface area contributed by atoms with Crippen LogP contribution in [0.3, 0.4) is 0 Å². The van der Waals surface area contributed by atoms with Gasteiger partial charge in [0.15, 0.2) is 4.96 Å². The van der Waals surface area contributed by atoms with Gasteiger partial charge in [0.1, 0.15) is 12.4 Å². The molecule has 2 aliphatic heterocycles. The van der Waals surface area contributed by atoms with Crippen LogP contribution in [-0.4, -0.2) is 57.6 Å². The van der Waals surface area contributed by atoms with Crippen LogP contribution in [-0.2, 0) is 24.4 Å². The predicted octanol–water partition coefficient (Wildman–Crippen LogP) is 3.71. The Hall–Kier alpha value is -1.93. The van der Waals surface area contributed by atoms with Crippen LogP contribution in [0.2, 0.25) is 0 Å². The lowest BCUT2D eigenvalue weighted by atomic mass is 10.1. The van der Waals surface area contributed by atoms with E-state index in [4.69, 9.17) is 14.5 Å². The molecule has 4 heterocycles. The van der Waals surface area contributed by atoms with E-state index in [0.717, 1.165) is 62.3 Å². The molecule has 0 saturated carbocycles. The number of fused-ring (bicyclic) bond motifs is 2. The number of morpholine rings is 1. The molecule has 0 bridgehead atoms. The smallest absolute Gasteiger partial charge is 0.194 e. The Kier molecular flexibility index (Phi) is 5.54. The van der Waals surface area contributed by atoms with E-state index < -0.39 is 0 Å². The van der Waals surface area contributed by atoms with Crippen LogP contribution in [0.5, 0.6) is 5.75 Å². The summed E-state index contributed by atoms with van der Waals surface area (Å²) in [4.78, 5) is 10.8. The molecule has 2 aliphatic rings. The highest BCUT2D eigenvalue weighted by Gasteiger charge is 2.23. The second kappa shape index (κ2) is 8.30. The van der Waals surface area contributed by atoms with Gasteiger partial charge in [-0.05, 0) is 38.5 Å². The van der Waals surface area contributed by atoms with Gasteiger partial charge in [0.25, 0.3) is 0 Å². The van der Waals surface area contributed by atoms with Gasteiger partial charge < -0.3 is 9.47 Å². The zero-order valence-corrected chi connectivity index (χ0v) is 18.8. The summed E-state index contributed by atoms with van der Waals surface area (Å²) in [5, 5.41) is 2.10. The lowest BCUT2D eigenvalue weighted by Gasteiger charge is -2.35. The summed E-state index contributed by atoms with van der Waals surface area (Å²) in [5.74, 6) is 1.02. The quantitative estimate of drug-likeness (QED) is 0.636. The molecule has 1 aromatic carbocycles. The number of nitrogens with zero attached hydrogens (tertiary/aromatic N) is 4. The Morgan fingerprint density at radius 2 is 1.97 bits per heavy atom. The first-order valence-electron chi connectivity index (χ1n) is 10.8. The lowest BCUT2D eigenvalue weighted by Crippen LogP contribution is -2.44. The van der Waals surface area contributed by atoms with E-state index in [9.17, 15) is 0 Å². The molecule has 0 unspecified atom stereocenters. The highest BCUT2D eigenvalue weighted by Crippen LogP contribution is 2.27. The molecule has 6 nitrogen and oxygen atoms in total. The number of ether oxygens (including phenoxy) is 2. The normalized spacial score (nSPS) is 23.3. The fourth-order valence-electron chi connectivity index (χ4n) is 4.75. The second-order valence-electron chi connectivity index (χ2n) is 8.65. The van der Waals surface area contributed by atoms with Gasteiger partial charge in [-0.2, -0.15) is 0 Å². The highest BCUT2D eigenvalue weighted by atomic mass is 32.1. The Morgan fingerprint density at radius 3 is 2.80 bits per heavy atom. The minimum Gasteiger partial charge on any atom is -0.492 e. The number of hydrogen-bond donors (Lipinski definition) is 0. The maximum absolute atomic E-state index is 6.08. The third-order valence-corrected chi connectivity index (χ3v) is 6.78. The van der Waals surface area contributed by atoms with Gasteiger partial charge in [-0.1, -0.05) is 6.07 Å². The van der Waals surface area contributed by atoms with Crippen molar-refractivity contribution in [1.29, 1.82) is 0 Å². The number of aromatic nitrogens is 2. The maximum Gasteiger partial charge on any atom is 0.194 e. The SMILES string of the molecule is Cc1nc2sccn2c1CN1CCOc2ccc(CN3C[C@@H](C)O[C@@H](C)C3)cc2C1. The molecule has 0 spiro atoms. The van der Waals surface area contributed by atoms with Gasteiger partial charge >= 0.3 is 0 Å². The minimum absolute atomic E-state index is 0.293. The Morgan fingerprint density at radius 1 is 1.13 bits per heavy atom. The monoisotopic (exact) mass is 426 g/mol. The first kappa shape index (κ1) is 20.0. The van der Waals surface area contributed by atoms with Crippen molar-refractivity contribution in [2.45, 2.75) is 52.6 Å². The molecule has 0 amide bonds. The lowest BCUT2D eigenvalue weighted by molar-refractivity contribution is -0.0704. The zero-order valence-electron chi connectivity index (χ0n) is 18.0. The van der Waals surface area contributed by atoms with Crippen molar-refractivity contribution in [1.82, 2.24) is 19.2 Å². The number of imidazole rings is 1. The second-order valence-corrected chi connectivity index (χ2v) is 9.53. The van der Waals surface area contributed by atoms with Gasteiger partial charge in [0.2, 0.25) is 0 Å². The third-order valence-electron chi connectivity index (χ3n) is 6.02. The molecule has 2 aromatic heterocycles. The summed E-state index contributed by atoms with van der Waals surface area (Å²) < 4.78 is 14.2. The number of benzene rings is 1. The van der Waals surface area contributed by atoms with E-state index in [2.05, 4.69) is 64.7 Å². The van der Waals surface area contributed by atoms with Crippen LogP contribution < -0.4 is 4.74 Å². The number of thiazole rings is 1. The van der Waals surface area contributed by atoms with Crippen molar-refractivity contribution in [3.8, 4) is 5.75 Å². The molecule has 1 fully saturated rings. The van der Waals surface area contributed by atoms with Crippen LogP contribution in [0, 0.1) is 6.92 Å². The summed E-state index contributed by atoms with van der Waals surface area (Å²) in [6, 6.07) is 6.71. The standard InChI is InChI=1S/C23H30N4O2S/c1-16-11-26(12-17(2)29-16)13-19-4-5-22-20(10-19)14-25(6-8-28-22)15-21-18(3)24-23-27(21)7-9-30-23/h4-5,7,9-10,16-17H,6,8,11-15H2,1-3H3/t16-,17+. The summed E-state index contributed by atoms with van der Waals surface area (Å²) in [7, 11) is 0. The largest absolute Gasteiger partial charge is 0.492 e. The van der Waals surface area contributed by atoms with Gasteiger partial charge in [0.05, 0.1) is 23.6 Å². The van der Waals surface area contributed by atoms with Crippen molar-refractivity contribution in [3.05, 3.63) is 52.3 Å². The van der Waals surface area contributed by atoms with Crippen LogP contribution >= 0.6 is 11.3 Å². The first-order chi connectivity index (χ1) is 14.5. The first-order valence-corrected chi connectivity index (χ1v) is 11.7. The molecule has 7 heteroatoms. The van der Waals surface area contributed by atoms with Crippen molar-refractivity contribution >= 4 is 16.3 Å². The average molecular weight is 427 g/mol. The summed E-state index contributed by atoms with van der Waals surface area (Å²) in [6.45, 7) is 12.8. The van der Waals surface area contributed by atoms with Gasteiger partial charge in [-0.25, -0.2) is 4.98 Å². The number of aryl methyl sites for hydroxylation is 1. The molecule has 160 valence electrons. The topological polar surface area (TPSA) is 42.2 Å². The van der Waals surface area contributed by atoms with E-state index in [1.165, 1.54) is 16.8 Å². The van der Waals surface area contributed by atoms with Gasteiger partial charge in [-0.3, -0.25) is 14.2 Å². The molecule has 0 radical (unpaired) electrons. The van der Waals surface area contributed by atoms with E-state index in [0.29, 0.717) is 12.2 Å². The Labute approximate surface area is 182 Å². The molecule has 2 atom stereocenters. The van der Waals surface area contributed by atoms with Crippen molar-refractivity contribution in [3.63, 3.8) is 0 Å². The van der Waals surface area contributed by atoms with Crippen molar-refractivity contribution < 1.29 is 9.47 Å². The van der Waals surface area contributed by atoms with Crippen LogP contribution in [0.15, 0.2) is 29.8 Å². The molecular formula is C23H30N4O2S. The maximum atomic E-state index is 6.08. The minimum atomic E-state index is 0.293. The van der Waals surface area contributed by atoms with E-state index in [1.54, 1.807) is 11.3 Å². The summed E-state index contributed by atoms with van der Waals surface area (Å²) >= 11 is 1.69. The number of hydrogen-bond acceptors (Lipinski definition) is 6. The zero-order chi connectivity index (χ0) is 20.7. The fourth-order valence-corrected chi connectivity index (χ4v) is 5.53. The van der Waals surface area contributed by atoms with Gasteiger partial charge in [-0.15, -0.1) is 11.3 Å². The van der Waals surface area contributed by atoms with Crippen LogP contribution in [0.25, 0.3) is 4.96 Å². The molecule has 1 saturated heterocycles. The summed E-state index contributed by atoms with van der Waals surface area (Å²) in [5.41, 5.74) is 5.03. The molecule has 3 aromatic rings. The predicted molar refractivity (Wildman–Crippen MR) is 119 cm³/mol. The highest BCUT2D eigenvalue weighted by molar-refractivity contribution is 7.15. The number of rotatable bonds is 4. The third kappa shape index (κ3) is 4.12. The summed E-state index contributed by atoms with van der Waals surface area (Å²) in [6.07, 6.45) is 2.71. The molecule has 0 N–H and O–H groups in total. The van der Waals surface area contributed by atoms with Crippen LogP contribution in [0.1, 0.15) is 36.4 Å². The van der Waals surface area contributed by atoms with Gasteiger partial charge in [0, 0.05) is 56.4 Å². The van der Waals surface area contributed by atoms with E-state index in [1.807, 2.05) is 0 Å². The van der Waals surface area contributed by atoms with E-state index >= 15 is 0 Å². The molecule has 0 aliphatic carbocycles. The van der Waals surface area contributed by atoms with Crippen LogP contribution in [0.4, 0.5) is 0 Å².